The Balaban J connectivity index is 1.70. The number of aliphatic hydroxyl groups is 1. The Kier molecular flexibility index (Phi) is 4.59. The summed E-state index contributed by atoms with van der Waals surface area (Å²) >= 11 is 0. The van der Waals surface area contributed by atoms with E-state index in [4.69, 9.17) is 0 Å². The van der Waals surface area contributed by atoms with Gasteiger partial charge < -0.3 is 14.9 Å². The van der Waals surface area contributed by atoms with Gasteiger partial charge >= 0.3 is 0 Å². The normalized spacial score (nSPS) is 25.8. The number of rotatable bonds is 3. The number of aromatic nitrogens is 1. The number of pyridine rings is 1. The molecule has 2 aliphatic heterocycles. The molecule has 1 N–H and O–H groups in total. The van der Waals surface area contributed by atoms with Gasteiger partial charge in [-0.05, 0) is 38.8 Å². The van der Waals surface area contributed by atoms with E-state index in [-0.39, 0.29) is 6.54 Å². The van der Waals surface area contributed by atoms with Crippen LogP contribution in [-0.2, 0) is 0 Å². The van der Waals surface area contributed by atoms with E-state index in [1.807, 2.05) is 0 Å². The van der Waals surface area contributed by atoms with Gasteiger partial charge in [-0.25, -0.2) is 13.8 Å². The highest BCUT2D eigenvalue weighted by Crippen LogP contribution is 2.25. The van der Waals surface area contributed by atoms with E-state index in [1.54, 1.807) is 0 Å². The van der Waals surface area contributed by atoms with E-state index >= 15 is 0 Å². The topological polar surface area (TPSA) is 56.7 Å². The molecule has 23 heavy (non-hydrogen) atoms. The van der Waals surface area contributed by atoms with Crippen LogP contribution in [0.3, 0.4) is 0 Å². The zero-order valence-corrected chi connectivity index (χ0v) is 13.0. The molecule has 7 heteroatoms. The van der Waals surface area contributed by atoms with Crippen molar-refractivity contribution >= 4 is 5.91 Å². The van der Waals surface area contributed by atoms with Gasteiger partial charge in [0.25, 0.3) is 5.91 Å². The Morgan fingerprint density at radius 3 is 2.70 bits per heavy atom. The molecule has 126 valence electrons. The van der Waals surface area contributed by atoms with Gasteiger partial charge in [0.1, 0.15) is 5.82 Å². The van der Waals surface area contributed by atoms with Crippen molar-refractivity contribution in [2.75, 3.05) is 32.7 Å². The lowest BCUT2D eigenvalue weighted by Gasteiger charge is -2.41. The van der Waals surface area contributed by atoms with Crippen molar-refractivity contribution in [3.05, 3.63) is 29.6 Å². The summed E-state index contributed by atoms with van der Waals surface area (Å²) in [6.07, 6.45) is 4.36. The molecule has 1 amide bonds. The molecule has 1 aromatic rings. The number of likely N-dealkylation sites (tertiary alicyclic amines) is 2. The van der Waals surface area contributed by atoms with E-state index in [9.17, 15) is 18.7 Å². The minimum atomic E-state index is -0.977. The van der Waals surface area contributed by atoms with Crippen molar-refractivity contribution in [3.63, 3.8) is 0 Å². The van der Waals surface area contributed by atoms with Crippen LogP contribution in [0, 0.1) is 11.6 Å². The van der Waals surface area contributed by atoms with Crippen molar-refractivity contribution in [2.45, 2.75) is 31.3 Å². The minimum absolute atomic E-state index is 0.154. The molecule has 1 aromatic heterocycles. The fourth-order valence-corrected chi connectivity index (χ4v) is 3.49. The van der Waals surface area contributed by atoms with Crippen molar-refractivity contribution in [1.29, 1.82) is 0 Å². The van der Waals surface area contributed by atoms with Gasteiger partial charge in [0, 0.05) is 19.2 Å². The number of carbonyl (C=O) groups excluding carboxylic acids is 1. The first-order valence-corrected chi connectivity index (χ1v) is 8.02. The molecule has 3 rings (SSSR count). The number of hydrogen-bond donors (Lipinski definition) is 1. The fraction of sp³-hybridized carbons (Fsp3) is 0.625. The average Bonchev–Trinajstić information content (AvgIpc) is 2.99. The van der Waals surface area contributed by atoms with E-state index in [2.05, 4.69) is 9.88 Å². The van der Waals surface area contributed by atoms with Crippen molar-refractivity contribution in [2.24, 2.45) is 0 Å². The summed E-state index contributed by atoms with van der Waals surface area (Å²) in [4.78, 5) is 19.6. The zero-order valence-electron chi connectivity index (χ0n) is 13.0. The van der Waals surface area contributed by atoms with Gasteiger partial charge in [-0.2, -0.15) is 0 Å². The van der Waals surface area contributed by atoms with Crippen LogP contribution in [0.1, 0.15) is 36.2 Å². The molecule has 3 heterocycles. The summed E-state index contributed by atoms with van der Waals surface area (Å²) in [5, 5.41) is 10.8. The van der Waals surface area contributed by atoms with Crippen LogP contribution < -0.4 is 0 Å². The second-order valence-corrected chi connectivity index (χ2v) is 6.52. The first kappa shape index (κ1) is 16.3. The Bertz CT molecular complexity index is 593. The molecule has 5 nitrogen and oxygen atoms in total. The number of piperidine rings is 1. The standard InChI is InChI=1S/C16H21F2N3O2/c17-12-8-13(18)14(19-9-12)15(22)21-7-3-4-16(23,11-21)10-20-5-1-2-6-20/h8-9,23H,1-7,10-11H2. The number of hydrogen-bond acceptors (Lipinski definition) is 4. The number of carbonyl (C=O) groups is 1. The van der Waals surface area contributed by atoms with Gasteiger partial charge in [-0.15, -0.1) is 0 Å². The molecular formula is C16H21F2N3O2. The quantitative estimate of drug-likeness (QED) is 0.913. The number of nitrogens with zero attached hydrogens (tertiary/aromatic N) is 3. The highest BCUT2D eigenvalue weighted by molar-refractivity contribution is 5.92. The lowest BCUT2D eigenvalue weighted by atomic mass is 9.92. The van der Waals surface area contributed by atoms with Crippen LogP contribution in [0.4, 0.5) is 8.78 Å². The second kappa shape index (κ2) is 6.49. The molecule has 2 aliphatic rings. The number of β-amino-alcohol motifs (C(OH)–C–C–N with tert-alkyl or cyclic N) is 1. The molecule has 0 aliphatic carbocycles. The Morgan fingerprint density at radius 2 is 2.00 bits per heavy atom. The highest BCUT2D eigenvalue weighted by atomic mass is 19.1. The maximum atomic E-state index is 13.8. The second-order valence-electron chi connectivity index (χ2n) is 6.52. The Morgan fingerprint density at radius 1 is 1.26 bits per heavy atom. The van der Waals surface area contributed by atoms with E-state index in [1.165, 1.54) is 4.90 Å². The van der Waals surface area contributed by atoms with Gasteiger partial charge in [-0.1, -0.05) is 0 Å². The Hall–Kier alpha value is -1.60. The van der Waals surface area contributed by atoms with E-state index < -0.39 is 28.8 Å². The minimum Gasteiger partial charge on any atom is -0.387 e. The monoisotopic (exact) mass is 325 g/mol. The summed E-state index contributed by atoms with van der Waals surface area (Å²) in [5.41, 5.74) is -1.37. The molecular weight excluding hydrogens is 304 g/mol. The van der Waals surface area contributed by atoms with Gasteiger partial charge in [0.05, 0.1) is 18.3 Å². The number of halogens is 2. The third-order valence-corrected chi connectivity index (χ3v) is 4.57. The lowest BCUT2D eigenvalue weighted by molar-refractivity contribution is -0.0433. The molecule has 2 saturated heterocycles. The summed E-state index contributed by atoms with van der Waals surface area (Å²) < 4.78 is 26.7. The van der Waals surface area contributed by atoms with Crippen molar-refractivity contribution < 1.29 is 18.7 Å². The molecule has 0 saturated carbocycles. The van der Waals surface area contributed by atoms with Crippen LogP contribution in [0.2, 0.25) is 0 Å². The molecule has 2 fully saturated rings. The van der Waals surface area contributed by atoms with Gasteiger partial charge in [0.15, 0.2) is 11.5 Å². The van der Waals surface area contributed by atoms with Crippen LogP contribution in [0.5, 0.6) is 0 Å². The molecule has 0 bridgehead atoms. The third kappa shape index (κ3) is 3.67. The lowest BCUT2D eigenvalue weighted by Crippen LogP contribution is -2.55. The van der Waals surface area contributed by atoms with Crippen molar-refractivity contribution in [3.8, 4) is 0 Å². The summed E-state index contributed by atoms with van der Waals surface area (Å²) in [6.45, 7) is 3.05. The summed E-state index contributed by atoms with van der Waals surface area (Å²) in [7, 11) is 0. The average molecular weight is 325 g/mol. The van der Waals surface area contributed by atoms with Crippen LogP contribution >= 0.6 is 0 Å². The summed E-state index contributed by atoms with van der Waals surface area (Å²) in [6, 6.07) is 0.653. The van der Waals surface area contributed by atoms with Crippen LogP contribution in [-0.4, -0.2) is 64.1 Å². The van der Waals surface area contributed by atoms with Gasteiger partial charge in [-0.3, -0.25) is 4.79 Å². The maximum Gasteiger partial charge on any atom is 0.275 e. The van der Waals surface area contributed by atoms with Crippen molar-refractivity contribution in [1.82, 2.24) is 14.8 Å². The zero-order chi connectivity index (χ0) is 16.4. The third-order valence-electron chi connectivity index (χ3n) is 4.57. The predicted molar refractivity (Wildman–Crippen MR) is 79.9 cm³/mol. The Labute approximate surface area is 133 Å². The predicted octanol–water partition coefficient (Wildman–Crippen LogP) is 1.42. The molecule has 1 unspecified atom stereocenters. The first-order chi connectivity index (χ1) is 11.0. The fourth-order valence-electron chi connectivity index (χ4n) is 3.49. The number of amides is 1. The smallest absolute Gasteiger partial charge is 0.275 e. The molecule has 0 spiro atoms. The highest BCUT2D eigenvalue weighted by Gasteiger charge is 2.38. The largest absolute Gasteiger partial charge is 0.387 e. The van der Waals surface area contributed by atoms with Crippen LogP contribution in [0.25, 0.3) is 0 Å². The van der Waals surface area contributed by atoms with Gasteiger partial charge in [0.2, 0.25) is 0 Å². The molecule has 0 radical (unpaired) electrons. The molecule has 0 aromatic carbocycles. The maximum absolute atomic E-state index is 13.8. The SMILES string of the molecule is O=C(c1ncc(F)cc1F)N1CCCC(O)(CN2CCCC2)C1. The summed E-state index contributed by atoms with van der Waals surface area (Å²) in [5.74, 6) is -2.38. The van der Waals surface area contributed by atoms with E-state index in [0.29, 0.717) is 32.0 Å². The molecule has 1 atom stereocenters. The van der Waals surface area contributed by atoms with E-state index in [0.717, 1.165) is 32.1 Å². The first-order valence-electron chi connectivity index (χ1n) is 8.02. The van der Waals surface area contributed by atoms with Crippen LogP contribution in [0.15, 0.2) is 12.3 Å².